The number of rotatable bonds is 4. The topological polar surface area (TPSA) is 48.5 Å². The van der Waals surface area contributed by atoms with Gasteiger partial charge in [-0.2, -0.15) is 5.26 Å². The summed E-state index contributed by atoms with van der Waals surface area (Å²) in [5, 5.41) is 10.5. The Morgan fingerprint density at radius 2 is 1.58 bits per heavy atom. The predicted molar refractivity (Wildman–Crippen MR) is 114 cm³/mol. The van der Waals surface area contributed by atoms with Gasteiger partial charge in [-0.15, -0.1) is 11.3 Å². The van der Waals surface area contributed by atoms with E-state index in [1.165, 1.54) is 16.7 Å². The van der Waals surface area contributed by atoms with Crippen molar-refractivity contribution in [2.75, 3.05) is 0 Å². The molecule has 0 bridgehead atoms. The third kappa shape index (κ3) is 7.07. The quantitative estimate of drug-likeness (QED) is 0.208. The number of nitrogens with zero attached hydrogens (tertiary/aromatic N) is 3. The summed E-state index contributed by atoms with van der Waals surface area (Å²) in [6, 6.07) is 8.42. The van der Waals surface area contributed by atoms with Gasteiger partial charge in [0.2, 0.25) is 0 Å². The van der Waals surface area contributed by atoms with Crippen molar-refractivity contribution < 1.29 is 13.1 Å². The molecule has 3 nitrogen and oxygen atoms in total. The van der Waals surface area contributed by atoms with E-state index >= 15 is 0 Å². The summed E-state index contributed by atoms with van der Waals surface area (Å²) >= 11 is 2.75. The van der Waals surface area contributed by atoms with Gasteiger partial charge in [0.15, 0.2) is 5.40 Å². The molecule has 0 saturated carbocycles. The molecule has 0 spiro atoms. The summed E-state index contributed by atoms with van der Waals surface area (Å²) in [5.41, 5.74) is 6.56. The number of aliphatic imine (C=N–C) groups is 1. The Hall–Kier alpha value is -0.801. The Labute approximate surface area is 178 Å². The minimum atomic E-state index is 0.194. The summed E-state index contributed by atoms with van der Waals surface area (Å²) in [4.78, 5) is 7.02. The van der Waals surface area contributed by atoms with Gasteiger partial charge in [0, 0.05) is 9.75 Å². The van der Waals surface area contributed by atoms with E-state index in [0.717, 1.165) is 38.8 Å². The van der Waals surface area contributed by atoms with Crippen LogP contribution in [-0.4, -0.2) is 11.4 Å². The van der Waals surface area contributed by atoms with E-state index in [0.29, 0.717) is 0 Å². The van der Waals surface area contributed by atoms with Gasteiger partial charge in [-0.05, 0) is 57.9 Å². The monoisotopic (exact) mass is 467 g/mol. The first kappa shape index (κ1) is 23.2. The summed E-state index contributed by atoms with van der Waals surface area (Å²) in [6.45, 7) is 10.3. The van der Waals surface area contributed by atoms with Crippen molar-refractivity contribution in [2.24, 2.45) is 9.39 Å². The molecule has 0 aliphatic carbocycles. The molecule has 0 saturated heterocycles. The average Bonchev–Trinajstić information content (AvgIpc) is 3.06. The zero-order valence-corrected chi connectivity index (χ0v) is 19.3. The number of thiophene rings is 1. The molecule has 8 heteroatoms. The number of hydrogen-bond donors (Lipinski definition) is 0. The van der Waals surface area contributed by atoms with Crippen LogP contribution in [0.3, 0.4) is 0 Å². The number of benzene rings is 1. The van der Waals surface area contributed by atoms with Crippen molar-refractivity contribution in [1.29, 1.82) is 5.26 Å². The number of hydrogen-bond acceptors (Lipinski definition) is 5. The second-order valence-corrected chi connectivity index (χ2v) is 8.97. The Kier molecular flexibility index (Phi) is 10.6. The Morgan fingerprint density at radius 3 is 2.08 bits per heavy atom. The molecule has 0 fully saturated rings. The van der Waals surface area contributed by atoms with Crippen molar-refractivity contribution in [3.63, 3.8) is 0 Å². The number of thiocyanates is 1. The first-order chi connectivity index (χ1) is 12.3. The molecule has 0 aliphatic rings. The fraction of sp³-hybridized carbons (Fsp3) is 0.278. The normalized spacial score (nSPS) is 11.8. The summed E-state index contributed by atoms with van der Waals surface area (Å²) in [5.74, 6) is 0. The number of nitriles is 1. The van der Waals surface area contributed by atoms with Gasteiger partial charge in [-0.3, -0.25) is 4.99 Å². The van der Waals surface area contributed by atoms with Crippen LogP contribution in [-0.2, 0) is 13.1 Å². The summed E-state index contributed by atoms with van der Waals surface area (Å²) < 4.78 is 4.15. The van der Waals surface area contributed by atoms with Gasteiger partial charge in [0.1, 0.15) is 0 Å². The Balaban J connectivity index is 0.00000105. The molecule has 26 heavy (non-hydrogen) atoms. The molecule has 2 aromatic rings. The SMILES string of the molecule is CC(=Nc1c(C)cc(C)cc1C)c1ccc(/C(C)=N/SC#N)s1.[Cl][Fe][Cl]. The van der Waals surface area contributed by atoms with Gasteiger partial charge in [-0.1, -0.05) is 17.7 Å². The van der Waals surface area contributed by atoms with Crippen LogP contribution in [0.2, 0.25) is 0 Å². The van der Waals surface area contributed by atoms with Crippen LogP contribution in [0.4, 0.5) is 5.69 Å². The van der Waals surface area contributed by atoms with E-state index in [4.69, 9.17) is 30.5 Å². The second kappa shape index (κ2) is 11.8. The molecular formula is C18H19Cl2FeN3S2. The molecule has 0 unspecified atom stereocenters. The Bertz CT molecular complexity index is 831. The van der Waals surface area contributed by atoms with E-state index in [9.17, 15) is 0 Å². The van der Waals surface area contributed by atoms with E-state index in [-0.39, 0.29) is 13.1 Å². The molecule has 1 heterocycles. The predicted octanol–water partition coefficient (Wildman–Crippen LogP) is 7.13. The molecule has 1 aromatic heterocycles. The van der Waals surface area contributed by atoms with Gasteiger partial charge >= 0.3 is 33.3 Å². The average molecular weight is 468 g/mol. The number of aryl methyl sites for hydroxylation is 3. The van der Waals surface area contributed by atoms with Crippen molar-refractivity contribution >= 4 is 60.6 Å². The fourth-order valence-corrected chi connectivity index (χ4v) is 3.66. The minimum absolute atomic E-state index is 0.194. The van der Waals surface area contributed by atoms with Gasteiger partial charge in [-0.25, -0.2) is 4.40 Å². The third-order valence-electron chi connectivity index (χ3n) is 3.46. The zero-order chi connectivity index (χ0) is 19.7. The summed E-state index contributed by atoms with van der Waals surface area (Å²) in [6.07, 6.45) is 0. The van der Waals surface area contributed by atoms with Crippen LogP contribution in [0.1, 0.15) is 40.3 Å². The molecule has 1 aromatic carbocycles. The van der Waals surface area contributed by atoms with Crippen molar-refractivity contribution in [3.8, 4) is 5.40 Å². The molecule has 0 aliphatic heterocycles. The fourth-order valence-electron chi connectivity index (χ4n) is 2.43. The molecule has 140 valence electrons. The van der Waals surface area contributed by atoms with E-state index in [1.54, 1.807) is 11.3 Å². The molecule has 0 amide bonds. The summed E-state index contributed by atoms with van der Waals surface area (Å²) in [7, 11) is 9.53. The Morgan fingerprint density at radius 1 is 1.08 bits per heavy atom. The van der Waals surface area contributed by atoms with Gasteiger partial charge in [0.05, 0.1) is 29.1 Å². The van der Waals surface area contributed by atoms with Crippen LogP contribution in [0.5, 0.6) is 0 Å². The van der Waals surface area contributed by atoms with Crippen LogP contribution < -0.4 is 0 Å². The maximum absolute atomic E-state index is 8.58. The van der Waals surface area contributed by atoms with Gasteiger partial charge in [0.25, 0.3) is 0 Å². The van der Waals surface area contributed by atoms with E-state index in [1.807, 2.05) is 25.3 Å². The first-order valence-electron chi connectivity index (χ1n) is 7.52. The third-order valence-corrected chi connectivity index (χ3v) is 5.21. The first-order valence-corrected chi connectivity index (χ1v) is 12.2. The standard InChI is InChI=1S/C18H19N3S2.2ClH.Fe/c1-11-8-12(2)18(13(3)9-11)20-14(4)16-6-7-17(23-16)15(5)21-22-10-19;;;/h6-9H,1-5H3;2*1H;/q;;;+2/p-2/b20-14?,21-15+;;;. The maximum atomic E-state index is 8.58. The van der Waals surface area contributed by atoms with Crippen LogP contribution in [0.15, 0.2) is 33.7 Å². The molecule has 2 rings (SSSR count). The van der Waals surface area contributed by atoms with Crippen molar-refractivity contribution in [3.05, 3.63) is 50.7 Å². The molecule has 0 atom stereocenters. The molecule has 0 radical (unpaired) electrons. The molecular weight excluding hydrogens is 449 g/mol. The van der Waals surface area contributed by atoms with Crippen molar-refractivity contribution in [2.45, 2.75) is 34.6 Å². The van der Waals surface area contributed by atoms with Crippen LogP contribution in [0, 0.1) is 31.4 Å². The van der Waals surface area contributed by atoms with E-state index < -0.39 is 0 Å². The molecule has 0 N–H and O–H groups in total. The number of halogens is 2. The van der Waals surface area contributed by atoms with Crippen LogP contribution >= 0.6 is 43.5 Å². The zero-order valence-electron chi connectivity index (χ0n) is 15.1. The van der Waals surface area contributed by atoms with E-state index in [2.05, 4.69) is 43.4 Å². The van der Waals surface area contributed by atoms with Crippen LogP contribution in [0.25, 0.3) is 0 Å². The van der Waals surface area contributed by atoms with Crippen molar-refractivity contribution in [1.82, 2.24) is 0 Å². The van der Waals surface area contributed by atoms with Gasteiger partial charge < -0.3 is 0 Å². The second-order valence-electron chi connectivity index (χ2n) is 5.52.